The predicted octanol–water partition coefficient (Wildman–Crippen LogP) is -0.395. The number of amides is 1. The first-order chi connectivity index (χ1) is 13.0. The second kappa shape index (κ2) is 6.16. The summed E-state index contributed by atoms with van der Waals surface area (Å²) in [4.78, 5) is 40.9. The number of nitrogens with zero attached hydrogens (tertiary/aromatic N) is 6. The van der Waals surface area contributed by atoms with E-state index < -0.39 is 17.2 Å². The monoisotopic (exact) mass is 365 g/mol. The van der Waals surface area contributed by atoms with E-state index >= 15 is 0 Å². The SMILES string of the molecule is Cn1c(=O)c2ccc(C(=O)NCc3nnc4ccccn34)nc2n(C)c1=O. The van der Waals surface area contributed by atoms with Crippen molar-refractivity contribution in [2.45, 2.75) is 6.54 Å². The molecule has 0 aliphatic rings. The number of aromatic nitrogens is 6. The molecule has 0 unspecified atom stereocenters. The summed E-state index contributed by atoms with van der Waals surface area (Å²) < 4.78 is 4.00. The number of aryl methyl sites for hydroxylation is 1. The summed E-state index contributed by atoms with van der Waals surface area (Å²) >= 11 is 0. The van der Waals surface area contributed by atoms with Crippen LogP contribution in [-0.4, -0.2) is 34.6 Å². The average Bonchev–Trinajstić information content (AvgIpc) is 3.11. The van der Waals surface area contributed by atoms with E-state index in [1.54, 1.807) is 10.6 Å². The highest BCUT2D eigenvalue weighted by Gasteiger charge is 2.14. The van der Waals surface area contributed by atoms with Gasteiger partial charge >= 0.3 is 5.69 Å². The van der Waals surface area contributed by atoms with Crippen molar-refractivity contribution in [3.63, 3.8) is 0 Å². The summed E-state index contributed by atoms with van der Waals surface area (Å²) in [5.74, 6) is 0.124. The summed E-state index contributed by atoms with van der Waals surface area (Å²) in [6, 6.07) is 8.44. The van der Waals surface area contributed by atoms with Crippen LogP contribution in [0.3, 0.4) is 0 Å². The first-order valence-electron chi connectivity index (χ1n) is 8.11. The number of hydrogen-bond acceptors (Lipinski definition) is 6. The van der Waals surface area contributed by atoms with Gasteiger partial charge in [0, 0.05) is 20.3 Å². The van der Waals surface area contributed by atoms with E-state index in [0.29, 0.717) is 11.5 Å². The molecule has 0 aromatic carbocycles. The standard InChI is InChI=1S/C17H15N7O3/c1-22-14-10(16(26)23(2)17(22)27)6-7-11(19-14)15(25)18-9-13-21-20-12-5-3-4-8-24(12)13/h3-8H,9H2,1-2H3,(H,18,25). The molecule has 10 heteroatoms. The van der Waals surface area contributed by atoms with Crippen LogP contribution in [0.15, 0.2) is 46.1 Å². The first kappa shape index (κ1) is 16.6. The molecule has 0 fully saturated rings. The smallest absolute Gasteiger partial charge is 0.332 e. The lowest BCUT2D eigenvalue weighted by Crippen LogP contribution is -2.37. The Bertz CT molecular complexity index is 1320. The van der Waals surface area contributed by atoms with Gasteiger partial charge in [0.2, 0.25) is 0 Å². The van der Waals surface area contributed by atoms with Gasteiger partial charge in [-0.05, 0) is 24.3 Å². The third-order valence-corrected chi connectivity index (χ3v) is 4.33. The van der Waals surface area contributed by atoms with E-state index in [-0.39, 0.29) is 23.3 Å². The van der Waals surface area contributed by atoms with Crippen LogP contribution in [0.5, 0.6) is 0 Å². The van der Waals surface area contributed by atoms with Crippen molar-refractivity contribution in [1.29, 1.82) is 0 Å². The summed E-state index contributed by atoms with van der Waals surface area (Å²) in [7, 11) is 2.90. The normalized spacial score (nSPS) is 11.2. The fraction of sp³-hybridized carbons (Fsp3) is 0.176. The third-order valence-electron chi connectivity index (χ3n) is 4.33. The van der Waals surface area contributed by atoms with Gasteiger partial charge in [0.05, 0.1) is 11.9 Å². The van der Waals surface area contributed by atoms with Crippen molar-refractivity contribution in [3.05, 3.63) is 68.9 Å². The molecule has 0 radical (unpaired) electrons. The van der Waals surface area contributed by atoms with E-state index in [1.165, 1.54) is 30.8 Å². The molecule has 136 valence electrons. The molecule has 0 aliphatic heterocycles. The van der Waals surface area contributed by atoms with Gasteiger partial charge in [-0.15, -0.1) is 10.2 Å². The van der Waals surface area contributed by atoms with Gasteiger partial charge in [0.15, 0.2) is 11.5 Å². The fourth-order valence-electron chi connectivity index (χ4n) is 2.84. The Balaban J connectivity index is 1.65. The maximum atomic E-state index is 12.5. The number of pyridine rings is 2. The first-order valence-corrected chi connectivity index (χ1v) is 8.11. The molecule has 4 rings (SSSR count). The highest BCUT2D eigenvalue weighted by atomic mass is 16.2. The molecular weight excluding hydrogens is 350 g/mol. The van der Waals surface area contributed by atoms with E-state index in [0.717, 1.165) is 4.57 Å². The van der Waals surface area contributed by atoms with E-state index in [1.807, 2.05) is 18.2 Å². The van der Waals surface area contributed by atoms with E-state index in [2.05, 4.69) is 20.5 Å². The highest BCUT2D eigenvalue weighted by Crippen LogP contribution is 2.07. The minimum absolute atomic E-state index is 0.0968. The van der Waals surface area contributed by atoms with Crippen molar-refractivity contribution < 1.29 is 4.79 Å². The summed E-state index contributed by atoms with van der Waals surface area (Å²) in [5, 5.41) is 11.1. The van der Waals surface area contributed by atoms with Gasteiger partial charge in [0.25, 0.3) is 11.5 Å². The Labute approximate surface area is 151 Å². The Morgan fingerprint density at radius 1 is 1.07 bits per heavy atom. The van der Waals surface area contributed by atoms with Gasteiger partial charge in [-0.2, -0.15) is 0 Å². The predicted molar refractivity (Wildman–Crippen MR) is 96.4 cm³/mol. The Hall–Kier alpha value is -3.82. The van der Waals surface area contributed by atoms with Gasteiger partial charge in [-0.25, -0.2) is 9.78 Å². The van der Waals surface area contributed by atoms with Crippen molar-refractivity contribution in [3.8, 4) is 0 Å². The quantitative estimate of drug-likeness (QED) is 0.528. The molecule has 0 aliphatic carbocycles. The van der Waals surface area contributed by atoms with Crippen molar-refractivity contribution in [1.82, 2.24) is 34.0 Å². The van der Waals surface area contributed by atoms with Crippen molar-refractivity contribution in [2.24, 2.45) is 14.1 Å². The molecule has 0 saturated heterocycles. The lowest BCUT2D eigenvalue weighted by atomic mass is 10.2. The minimum Gasteiger partial charge on any atom is -0.343 e. The number of fused-ring (bicyclic) bond motifs is 2. The van der Waals surface area contributed by atoms with Crippen molar-refractivity contribution >= 4 is 22.6 Å². The zero-order valence-corrected chi connectivity index (χ0v) is 14.6. The number of rotatable bonds is 3. The molecule has 4 aromatic heterocycles. The second-order valence-corrected chi connectivity index (χ2v) is 6.00. The van der Waals surface area contributed by atoms with Crippen LogP contribution in [-0.2, 0) is 20.6 Å². The van der Waals surface area contributed by atoms with E-state index in [4.69, 9.17) is 0 Å². The lowest BCUT2D eigenvalue weighted by Gasteiger charge is -2.08. The van der Waals surface area contributed by atoms with Gasteiger partial charge in [-0.3, -0.25) is 23.1 Å². The number of hydrogen-bond donors (Lipinski definition) is 1. The third kappa shape index (κ3) is 2.67. The van der Waals surface area contributed by atoms with Gasteiger partial charge in [0.1, 0.15) is 11.3 Å². The molecule has 4 aromatic rings. The highest BCUT2D eigenvalue weighted by molar-refractivity contribution is 5.94. The molecule has 1 amide bonds. The number of carbonyl (C=O) groups excluding carboxylic acids is 1. The topological polar surface area (TPSA) is 116 Å². The zero-order chi connectivity index (χ0) is 19.1. The van der Waals surface area contributed by atoms with Crippen LogP contribution < -0.4 is 16.6 Å². The zero-order valence-electron chi connectivity index (χ0n) is 14.6. The Morgan fingerprint density at radius 2 is 1.89 bits per heavy atom. The van der Waals surface area contributed by atoms with Crippen LogP contribution in [0.1, 0.15) is 16.3 Å². The summed E-state index contributed by atoms with van der Waals surface area (Å²) in [5.41, 5.74) is -0.0327. The molecule has 0 saturated carbocycles. The molecule has 0 bridgehead atoms. The lowest BCUT2D eigenvalue weighted by molar-refractivity contribution is 0.0945. The fourth-order valence-corrected chi connectivity index (χ4v) is 2.84. The van der Waals surface area contributed by atoms with Crippen LogP contribution >= 0.6 is 0 Å². The molecule has 27 heavy (non-hydrogen) atoms. The maximum Gasteiger partial charge on any atom is 0.332 e. The molecular formula is C17H15N7O3. The minimum atomic E-state index is -0.507. The molecule has 10 nitrogen and oxygen atoms in total. The number of nitrogens with one attached hydrogen (secondary N) is 1. The van der Waals surface area contributed by atoms with Crippen LogP contribution in [0.2, 0.25) is 0 Å². The average molecular weight is 365 g/mol. The largest absolute Gasteiger partial charge is 0.343 e. The molecule has 0 atom stereocenters. The molecule has 1 N–H and O–H groups in total. The molecule has 4 heterocycles. The van der Waals surface area contributed by atoms with Gasteiger partial charge in [-0.1, -0.05) is 6.07 Å². The van der Waals surface area contributed by atoms with Gasteiger partial charge < -0.3 is 5.32 Å². The van der Waals surface area contributed by atoms with Crippen LogP contribution in [0.25, 0.3) is 16.7 Å². The van der Waals surface area contributed by atoms with Crippen molar-refractivity contribution in [2.75, 3.05) is 0 Å². The summed E-state index contributed by atoms with van der Waals surface area (Å²) in [6.45, 7) is 0.152. The Kier molecular flexibility index (Phi) is 3.80. The molecule has 0 spiro atoms. The van der Waals surface area contributed by atoms with E-state index in [9.17, 15) is 14.4 Å². The second-order valence-electron chi connectivity index (χ2n) is 6.00. The van der Waals surface area contributed by atoms with Crippen LogP contribution in [0, 0.1) is 0 Å². The maximum absolute atomic E-state index is 12.5. The summed E-state index contributed by atoms with van der Waals surface area (Å²) in [6.07, 6.45) is 1.80. The Morgan fingerprint density at radius 3 is 2.70 bits per heavy atom. The number of carbonyl (C=O) groups is 1. The van der Waals surface area contributed by atoms with Crippen LogP contribution in [0.4, 0.5) is 0 Å².